The van der Waals surface area contributed by atoms with Crippen molar-refractivity contribution in [2.24, 2.45) is 0 Å². The van der Waals surface area contributed by atoms with Crippen LogP contribution < -0.4 is 5.32 Å². The molecule has 3 N–H and O–H groups in total. The summed E-state index contributed by atoms with van der Waals surface area (Å²) >= 11 is 0. The number of allylic oxidation sites excluding steroid dienone is 12. The number of aliphatic hydroxyl groups excluding tert-OH is 1. The molecule has 3 atom stereocenters. The molecule has 0 aromatic rings. The first-order chi connectivity index (χ1) is 34.5. The van der Waals surface area contributed by atoms with Gasteiger partial charge < -0.3 is 19.8 Å². The van der Waals surface area contributed by atoms with Gasteiger partial charge in [0, 0.05) is 6.42 Å². The Morgan fingerprint density at radius 2 is 0.845 bits per heavy atom. The highest BCUT2D eigenvalue weighted by atomic mass is 31.2. The fourth-order valence-electron chi connectivity index (χ4n) is 8.58. The van der Waals surface area contributed by atoms with Crippen molar-refractivity contribution in [1.29, 1.82) is 0 Å². The molecular weight excluding hydrogens is 900 g/mol. The molecular formula is C62H116N2O6P+. The molecule has 0 saturated heterocycles. The number of hydrogen-bond donors (Lipinski definition) is 3. The lowest BCUT2D eigenvalue weighted by Crippen LogP contribution is -2.46. The maximum absolute atomic E-state index is 13.0. The topological polar surface area (TPSA) is 105 Å². The molecule has 9 heteroatoms. The predicted molar refractivity (Wildman–Crippen MR) is 309 cm³/mol. The van der Waals surface area contributed by atoms with Gasteiger partial charge in [-0.2, -0.15) is 0 Å². The summed E-state index contributed by atoms with van der Waals surface area (Å²) in [6.45, 7) is 4.79. The molecule has 0 saturated carbocycles. The number of phosphoric acid groups is 1. The minimum Gasteiger partial charge on any atom is -0.391 e. The highest BCUT2D eigenvalue weighted by molar-refractivity contribution is 7.47. The van der Waals surface area contributed by atoms with Gasteiger partial charge in [0.1, 0.15) is 13.2 Å². The van der Waals surface area contributed by atoms with Crippen LogP contribution in [0.5, 0.6) is 0 Å². The van der Waals surface area contributed by atoms with Crippen molar-refractivity contribution in [3.05, 3.63) is 72.9 Å². The van der Waals surface area contributed by atoms with Crippen LogP contribution in [0.4, 0.5) is 0 Å². The minimum absolute atomic E-state index is 0.0724. The number of aliphatic hydroxyl groups is 1. The fraction of sp³-hybridized carbons (Fsp3) is 0.790. The Hall–Kier alpha value is -2.06. The lowest BCUT2D eigenvalue weighted by molar-refractivity contribution is -0.870. The summed E-state index contributed by atoms with van der Waals surface area (Å²) in [6, 6.07) is -0.765. The molecule has 3 unspecified atom stereocenters. The van der Waals surface area contributed by atoms with Crippen molar-refractivity contribution in [3.63, 3.8) is 0 Å². The molecule has 0 spiro atoms. The second kappa shape index (κ2) is 52.8. The molecule has 71 heavy (non-hydrogen) atoms. The zero-order valence-corrected chi connectivity index (χ0v) is 48.1. The Balaban J connectivity index is 4.13. The van der Waals surface area contributed by atoms with Gasteiger partial charge in [0.15, 0.2) is 0 Å². The predicted octanol–water partition coefficient (Wildman–Crippen LogP) is 18.3. The van der Waals surface area contributed by atoms with Crippen molar-refractivity contribution >= 4 is 13.7 Å². The lowest BCUT2D eigenvalue weighted by Gasteiger charge is -2.26. The lowest BCUT2D eigenvalue weighted by atomic mass is 10.0. The largest absolute Gasteiger partial charge is 0.472 e. The maximum Gasteiger partial charge on any atom is 0.472 e. The number of hydrogen-bond acceptors (Lipinski definition) is 5. The van der Waals surface area contributed by atoms with E-state index >= 15 is 0 Å². The molecule has 0 rings (SSSR count). The summed E-state index contributed by atoms with van der Waals surface area (Å²) in [4.78, 5) is 23.4. The van der Waals surface area contributed by atoms with Crippen molar-refractivity contribution in [1.82, 2.24) is 5.32 Å². The summed E-state index contributed by atoms with van der Waals surface area (Å²) in [5.74, 6) is -0.147. The Morgan fingerprint density at radius 3 is 1.24 bits per heavy atom. The third-order valence-electron chi connectivity index (χ3n) is 13.2. The smallest absolute Gasteiger partial charge is 0.391 e. The highest BCUT2D eigenvalue weighted by Crippen LogP contribution is 2.43. The van der Waals surface area contributed by atoms with E-state index in [0.717, 1.165) is 77.0 Å². The number of nitrogens with zero attached hydrogens (tertiary/aromatic N) is 1. The number of phosphoric ester groups is 1. The van der Waals surface area contributed by atoms with Gasteiger partial charge in [0.25, 0.3) is 0 Å². The summed E-state index contributed by atoms with van der Waals surface area (Å²) in [5.41, 5.74) is 0. The number of rotatable bonds is 54. The van der Waals surface area contributed by atoms with Gasteiger partial charge in [-0.1, -0.05) is 267 Å². The first-order valence-corrected chi connectivity index (χ1v) is 31.3. The van der Waals surface area contributed by atoms with Crippen molar-refractivity contribution in [3.8, 4) is 0 Å². The number of carbonyl (C=O) groups excluding carboxylic acids is 1. The fourth-order valence-corrected chi connectivity index (χ4v) is 9.32. The maximum atomic E-state index is 13.0. The van der Waals surface area contributed by atoms with Crippen LogP contribution in [-0.4, -0.2) is 73.4 Å². The van der Waals surface area contributed by atoms with Crippen LogP contribution >= 0.6 is 7.82 Å². The van der Waals surface area contributed by atoms with Gasteiger partial charge in [-0.3, -0.25) is 13.8 Å². The summed E-state index contributed by atoms with van der Waals surface area (Å²) in [7, 11) is 1.61. The van der Waals surface area contributed by atoms with E-state index in [1.165, 1.54) is 161 Å². The van der Waals surface area contributed by atoms with Gasteiger partial charge in [0.2, 0.25) is 5.91 Å². The standard InChI is InChI=1S/C62H115N2O6P/c1-6-8-10-12-14-16-18-20-22-24-26-27-28-29-30-31-32-33-34-35-36-37-38-40-42-44-46-48-50-52-54-56-62(66)63-60(59-70-71(67,68)69-58-57-64(3,4)5)61(65)55-53-51-49-47-45-43-41-39-25-23-21-19-17-15-13-11-9-7-2/h8,10,14,16,20,22,26-27,29-30,32-33,60-61,65H,6-7,9,11-13,15,17-19,21,23-25,28,31,34-59H2,1-5H3,(H-,63,66,67,68)/p+1/b10-8-,16-14-,22-20-,27-26-,30-29-,33-32-. The molecule has 0 aliphatic rings. The van der Waals surface area contributed by atoms with E-state index in [4.69, 9.17) is 9.05 Å². The van der Waals surface area contributed by atoms with Crippen molar-refractivity contribution in [2.45, 2.75) is 276 Å². The molecule has 414 valence electrons. The first-order valence-electron chi connectivity index (χ1n) is 29.8. The molecule has 0 fully saturated rings. The third kappa shape index (κ3) is 55.5. The summed E-state index contributed by atoms with van der Waals surface area (Å²) in [5, 5.41) is 14.1. The van der Waals surface area contributed by atoms with Crippen LogP contribution in [0, 0.1) is 0 Å². The Morgan fingerprint density at radius 1 is 0.493 bits per heavy atom. The normalized spacial score (nSPS) is 14.4. The average Bonchev–Trinajstić information content (AvgIpc) is 3.33. The Labute approximate surface area is 440 Å². The Bertz CT molecular complexity index is 1380. The van der Waals surface area contributed by atoms with E-state index in [9.17, 15) is 19.4 Å². The van der Waals surface area contributed by atoms with Gasteiger partial charge >= 0.3 is 7.82 Å². The quantitative estimate of drug-likeness (QED) is 0.0243. The summed E-state index contributed by atoms with van der Waals surface area (Å²) < 4.78 is 23.8. The molecule has 0 aliphatic heterocycles. The van der Waals surface area contributed by atoms with Crippen molar-refractivity contribution < 1.29 is 32.9 Å². The average molecular weight is 1020 g/mol. The van der Waals surface area contributed by atoms with Gasteiger partial charge in [-0.15, -0.1) is 0 Å². The van der Waals surface area contributed by atoms with Crippen LogP contribution in [0.25, 0.3) is 0 Å². The van der Waals surface area contributed by atoms with Crippen molar-refractivity contribution in [2.75, 3.05) is 40.9 Å². The molecule has 0 heterocycles. The number of quaternary nitrogens is 1. The number of nitrogens with one attached hydrogen (secondary N) is 1. The minimum atomic E-state index is -4.33. The number of amides is 1. The highest BCUT2D eigenvalue weighted by Gasteiger charge is 2.28. The third-order valence-corrected chi connectivity index (χ3v) is 14.2. The van der Waals surface area contributed by atoms with Crippen LogP contribution in [-0.2, 0) is 18.4 Å². The second-order valence-electron chi connectivity index (χ2n) is 21.3. The molecule has 1 amide bonds. The van der Waals surface area contributed by atoms with Gasteiger partial charge in [-0.25, -0.2) is 4.57 Å². The molecule has 0 bridgehead atoms. The molecule has 8 nitrogen and oxygen atoms in total. The number of carbonyl (C=O) groups is 1. The van der Waals surface area contributed by atoms with E-state index in [0.29, 0.717) is 23.9 Å². The molecule has 0 aromatic heterocycles. The van der Waals surface area contributed by atoms with Gasteiger partial charge in [0.05, 0.1) is 39.9 Å². The zero-order chi connectivity index (χ0) is 52.0. The zero-order valence-electron chi connectivity index (χ0n) is 47.2. The monoisotopic (exact) mass is 1020 g/mol. The molecule has 0 radical (unpaired) electrons. The SMILES string of the molecule is CC/C=C\C/C=C\C/C=C\C/C=C\C/C=C\C/C=C\CCCCCCCCCCCCCCC(=O)NC(COP(=O)(O)OCC[N+](C)(C)C)C(O)CCCCCCCCCCCCCCCCCCCC. The first kappa shape index (κ1) is 68.9. The van der Waals surface area contributed by atoms with E-state index < -0.39 is 20.0 Å². The van der Waals surface area contributed by atoms with E-state index in [-0.39, 0.29) is 19.1 Å². The Kier molecular flexibility index (Phi) is 51.3. The van der Waals surface area contributed by atoms with Crippen LogP contribution in [0.3, 0.4) is 0 Å². The van der Waals surface area contributed by atoms with E-state index in [1.807, 2.05) is 21.1 Å². The second-order valence-corrected chi connectivity index (χ2v) is 22.8. The number of unbranched alkanes of at least 4 members (excludes halogenated alkanes) is 29. The van der Waals surface area contributed by atoms with Gasteiger partial charge in [-0.05, 0) is 64.2 Å². The molecule has 0 aliphatic carbocycles. The van der Waals surface area contributed by atoms with E-state index in [2.05, 4.69) is 92.1 Å². The number of likely N-dealkylation sites (N-methyl/N-ethyl adjacent to an activating group) is 1. The molecule has 0 aromatic carbocycles. The van der Waals surface area contributed by atoms with Crippen LogP contribution in [0.1, 0.15) is 264 Å². The summed E-state index contributed by atoms with van der Waals surface area (Å²) in [6.07, 6.45) is 72.4. The van der Waals surface area contributed by atoms with E-state index in [1.54, 1.807) is 0 Å². The van der Waals surface area contributed by atoms with Crippen LogP contribution in [0.2, 0.25) is 0 Å². The van der Waals surface area contributed by atoms with Crippen LogP contribution in [0.15, 0.2) is 72.9 Å².